The number of hydrogen-bond donors (Lipinski definition) is 2. The molecular formula is C14H18O5. The lowest BCUT2D eigenvalue weighted by atomic mass is 9.78. The molecule has 1 aliphatic heterocycles. The molecule has 1 aliphatic rings. The summed E-state index contributed by atoms with van der Waals surface area (Å²) in [5.41, 5.74) is 0.602. The average Bonchev–Trinajstić information content (AvgIpc) is 2.93. The van der Waals surface area contributed by atoms with Crippen molar-refractivity contribution in [2.45, 2.75) is 26.1 Å². The van der Waals surface area contributed by atoms with Crippen LogP contribution in [0.1, 0.15) is 18.1 Å². The van der Waals surface area contributed by atoms with Gasteiger partial charge in [-0.25, -0.2) is 0 Å². The van der Waals surface area contributed by atoms with Crippen LogP contribution < -0.4 is 0 Å². The van der Waals surface area contributed by atoms with Crippen molar-refractivity contribution in [3.05, 3.63) is 35.4 Å². The van der Waals surface area contributed by atoms with Gasteiger partial charge in [-0.2, -0.15) is 0 Å². The summed E-state index contributed by atoms with van der Waals surface area (Å²) in [6, 6.07) is 7.29. The van der Waals surface area contributed by atoms with Gasteiger partial charge < -0.3 is 19.7 Å². The van der Waals surface area contributed by atoms with Crippen LogP contribution in [-0.4, -0.2) is 35.7 Å². The largest absolute Gasteiger partial charge is 0.481 e. The summed E-state index contributed by atoms with van der Waals surface area (Å²) in [5.74, 6) is -0.905. The molecule has 0 radical (unpaired) electrons. The Morgan fingerprint density at radius 2 is 2.21 bits per heavy atom. The minimum Gasteiger partial charge on any atom is -0.481 e. The third-order valence-electron chi connectivity index (χ3n) is 3.57. The molecule has 0 amide bonds. The molecule has 0 spiro atoms. The summed E-state index contributed by atoms with van der Waals surface area (Å²) < 4.78 is 10.5. The van der Waals surface area contributed by atoms with E-state index in [0.29, 0.717) is 13.0 Å². The van der Waals surface area contributed by atoms with Gasteiger partial charge in [0.05, 0.1) is 24.7 Å². The van der Waals surface area contributed by atoms with Crippen molar-refractivity contribution >= 4 is 5.97 Å². The first-order chi connectivity index (χ1) is 9.06. The molecule has 1 aromatic carbocycles. The molecule has 2 rings (SSSR count). The first-order valence-corrected chi connectivity index (χ1v) is 6.17. The maximum Gasteiger partial charge on any atom is 0.312 e. The van der Waals surface area contributed by atoms with Gasteiger partial charge in [0.1, 0.15) is 6.79 Å². The number of benzene rings is 1. The Balaban J connectivity index is 2.22. The van der Waals surface area contributed by atoms with Crippen LogP contribution >= 0.6 is 0 Å². The Bertz CT molecular complexity index is 453. The molecule has 5 heteroatoms. The Labute approximate surface area is 111 Å². The van der Waals surface area contributed by atoms with E-state index in [9.17, 15) is 9.90 Å². The highest BCUT2D eigenvalue weighted by molar-refractivity contribution is 5.75. The van der Waals surface area contributed by atoms with E-state index < -0.39 is 17.5 Å². The predicted octanol–water partition coefficient (Wildman–Crippen LogP) is 1.19. The van der Waals surface area contributed by atoms with Crippen molar-refractivity contribution in [2.24, 2.45) is 5.41 Å². The van der Waals surface area contributed by atoms with Crippen molar-refractivity contribution in [1.82, 2.24) is 0 Å². The second-order valence-electron chi connectivity index (χ2n) is 5.02. The number of rotatable bonds is 5. The van der Waals surface area contributed by atoms with E-state index >= 15 is 0 Å². The Morgan fingerprint density at radius 3 is 2.79 bits per heavy atom. The highest BCUT2D eigenvalue weighted by atomic mass is 16.7. The van der Waals surface area contributed by atoms with Gasteiger partial charge in [-0.3, -0.25) is 4.79 Å². The SMILES string of the molecule is CC(Cc1cccc(CO)c1)(C(=O)O)C1COCO1. The van der Waals surface area contributed by atoms with Crippen LogP contribution in [0.5, 0.6) is 0 Å². The zero-order valence-corrected chi connectivity index (χ0v) is 10.8. The zero-order valence-electron chi connectivity index (χ0n) is 10.8. The van der Waals surface area contributed by atoms with Crippen LogP contribution in [0.3, 0.4) is 0 Å². The normalized spacial score (nSPS) is 22.1. The van der Waals surface area contributed by atoms with E-state index in [0.717, 1.165) is 11.1 Å². The van der Waals surface area contributed by atoms with Gasteiger partial charge in [0.15, 0.2) is 0 Å². The molecule has 0 bridgehead atoms. The quantitative estimate of drug-likeness (QED) is 0.837. The lowest BCUT2D eigenvalue weighted by Crippen LogP contribution is -2.43. The second kappa shape index (κ2) is 5.69. The van der Waals surface area contributed by atoms with Gasteiger partial charge in [-0.05, 0) is 24.5 Å². The fourth-order valence-corrected chi connectivity index (χ4v) is 2.29. The third-order valence-corrected chi connectivity index (χ3v) is 3.57. The molecule has 1 aromatic rings. The third kappa shape index (κ3) is 2.94. The van der Waals surface area contributed by atoms with Crippen molar-refractivity contribution in [3.63, 3.8) is 0 Å². The molecule has 5 nitrogen and oxygen atoms in total. The highest BCUT2D eigenvalue weighted by Gasteiger charge is 2.44. The standard InChI is InChI=1S/C14H18O5/c1-14(13(16)17,12-8-18-9-19-12)6-10-3-2-4-11(5-10)7-15/h2-5,12,15H,6-9H2,1H3,(H,16,17). The summed E-state index contributed by atoms with van der Waals surface area (Å²) in [7, 11) is 0. The Hall–Kier alpha value is -1.43. The molecule has 2 atom stereocenters. The van der Waals surface area contributed by atoms with Gasteiger partial charge in [-0.1, -0.05) is 24.3 Å². The average molecular weight is 266 g/mol. The van der Waals surface area contributed by atoms with Crippen LogP contribution in [-0.2, 0) is 27.3 Å². The Morgan fingerprint density at radius 1 is 1.47 bits per heavy atom. The molecule has 19 heavy (non-hydrogen) atoms. The molecule has 1 fully saturated rings. The Kier molecular flexibility index (Phi) is 4.19. The fourth-order valence-electron chi connectivity index (χ4n) is 2.29. The molecule has 1 saturated heterocycles. The molecule has 2 unspecified atom stereocenters. The van der Waals surface area contributed by atoms with Crippen LogP contribution in [0.15, 0.2) is 24.3 Å². The van der Waals surface area contributed by atoms with Crippen molar-refractivity contribution in [1.29, 1.82) is 0 Å². The first kappa shape index (κ1) is 14.0. The maximum atomic E-state index is 11.6. The number of aliphatic hydroxyl groups is 1. The maximum absolute atomic E-state index is 11.6. The number of ether oxygens (including phenoxy) is 2. The molecule has 1 heterocycles. The molecule has 104 valence electrons. The van der Waals surface area contributed by atoms with Gasteiger partial charge >= 0.3 is 5.97 Å². The van der Waals surface area contributed by atoms with E-state index in [-0.39, 0.29) is 13.4 Å². The monoisotopic (exact) mass is 266 g/mol. The zero-order chi connectivity index (χ0) is 13.9. The van der Waals surface area contributed by atoms with E-state index in [1.807, 2.05) is 18.2 Å². The summed E-state index contributed by atoms with van der Waals surface area (Å²) in [4.78, 5) is 11.6. The molecule has 0 aliphatic carbocycles. The summed E-state index contributed by atoms with van der Waals surface area (Å²) >= 11 is 0. The smallest absolute Gasteiger partial charge is 0.312 e. The minimum atomic E-state index is -1.04. The predicted molar refractivity (Wildman–Crippen MR) is 67.5 cm³/mol. The number of carboxylic acid groups (broad SMARTS) is 1. The first-order valence-electron chi connectivity index (χ1n) is 6.17. The van der Waals surface area contributed by atoms with Crippen molar-refractivity contribution in [2.75, 3.05) is 13.4 Å². The van der Waals surface area contributed by atoms with Crippen molar-refractivity contribution in [3.8, 4) is 0 Å². The van der Waals surface area contributed by atoms with Gasteiger partial charge in [0.2, 0.25) is 0 Å². The van der Waals surface area contributed by atoms with Crippen molar-refractivity contribution < 1.29 is 24.5 Å². The number of aliphatic hydroxyl groups excluding tert-OH is 1. The van der Waals surface area contributed by atoms with Crippen LogP contribution in [0.4, 0.5) is 0 Å². The van der Waals surface area contributed by atoms with E-state index in [1.165, 1.54) is 0 Å². The molecule has 0 aromatic heterocycles. The number of hydrogen-bond acceptors (Lipinski definition) is 4. The minimum absolute atomic E-state index is 0.0549. The van der Waals surface area contributed by atoms with E-state index in [2.05, 4.69) is 0 Å². The lowest BCUT2D eigenvalue weighted by molar-refractivity contribution is -0.155. The lowest BCUT2D eigenvalue weighted by Gasteiger charge is -2.29. The van der Waals surface area contributed by atoms with E-state index in [1.54, 1.807) is 13.0 Å². The van der Waals surface area contributed by atoms with Gasteiger partial charge in [0.25, 0.3) is 0 Å². The van der Waals surface area contributed by atoms with Gasteiger partial charge in [-0.15, -0.1) is 0 Å². The van der Waals surface area contributed by atoms with Crippen LogP contribution in [0, 0.1) is 5.41 Å². The number of carbonyl (C=O) groups is 1. The number of carboxylic acids is 1. The summed E-state index contributed by atoms with van der Waals surface area (Å²) in [6.45, 7) is 2.05. The molecule has 2 N–H and O–H groups in total. The van der Waals surface area contributed by atoms with Gasteiger partial charge in [0, 0.05) is 0 Å². The fraction of sp³-hybridized carbons (Fsp3) is 0.500. The topological polar surface area (TPSA) is 76.0 Å². The molecular weight excluding hydrogens is 248 g/mol. The van der Waals surface area contributed by atoms with Crippen LogP contribution in [0.25, 0.3) is 0 Å². The van der Waals surface area contributed by atoms with Crippen LogP contribution in [0.2, 0.25) is 0 Å². The summed E-state index contributed by atoms with van der Waals surface area (Å²) in [5, 5.41) is 18.6. The molecule has 0 saturated carbocycles. The number of aliphatic carboxylic acids is 1. The second-order valence-corrected chi connectivity index (χ2v) is 5.02. The van der Waals surface area contributed by atoms with E-state index in [4.69, 9.17) is 14.6 Å². The summed E-state index contributed by atoms with van der Waals surface area (Å²) in [6.07, 6.45) is -0.118. The highest BCUT2D eigenvalue weighted by Crippen LogP contribution is 2.32.